The van der Waals surface area contributed by atoms with Gasteiger partial charge in [0.15, 0.2) is 0 Å². The Bertz CT molecular complexity index is 799. The van der Waals surface area contributed by atoms with E-state index in [2.05, 4.69) is 0 Å². The normalized spacial score (nSPS) is 13.5. The molecule has 2 aromatic carbocycles. The number of benzene rings is 2. The molecule has 0 spiro atoms. The van der Waals surface area contributed by atoms with E-state index in [4.69, 9.17) is 4.74 Å². The van der Waals surface area contributed by atoms with E-state index in [0.717, 1.165) is 5.56 Å². The van der Waals surface area contributed by atoms with Gasteiger partial charge in [0, 0.05) is 12.1 Å². The molecule has 1 atom stereocenters. The van der Waals surface area contributed by atoms with Crippen LogP contribution in [-0.2, 0) is 16.1 Å². The number of nitrogens with zero attached hydrogens (tertiary/aromatic N) is 1. The van der Waals surface area contributed by atoms with Crippen molar-refractivity contribution < 1.29 is 19.6 Å². The fourth-order valence-electron chi connectivity index (χ4n) is 2.42. The van der Waals surface area contributed by atoms with Gasteiger partial charge in [-0.25, -0.2) is 0 Å². The van der Waals surface area contributed by atoms with Gasteiger partial charge >= 0.3 is 5.97 Å². The van der Waals surface area contributed by atoms with Crippen molar-refractivity contribution in [2.24, 2.45) is 5.92 Å². The summed E-state index contributed by atoms with van der Waals surface area (Å²) in [5.41, 5.74) is 0.184. The van der Waals surface area contributed by atoms with Crippen LogP contribution < -0.4 is 0 Å². The minimum absolute atomic E-state index is 0.00392. The molecule has 27 heavy (non-hydrogen) atoms. The molecule has 0 saturated carbocycles. The number of non-ortho nitro benzene ring substituents is 1. The van der Waals surface area contributed by atoms with Gasteiger partial charge in [0.05, 0.1) is 16.9 Å². The van der Waals surface area contributed by atoms with Gasteiger partial charge in [-0.2, -0.15) is 0 Å². The van der Waals surface area contributed by atoms with Crippen molar-refractivity contribution in [2.45, 2.75) is 32.5 Å². The molecule has 0 heterocycles. The molecule has 0 aromatic heterocycles. The molecule has 6 heteroatoms. The Morgan fingerprint density at radius 3 is 2.37 bits per heavy atom. The number of nitro groups is 1. The monoisotopic (exact) mass is 369 g/mol. The third kappa shape index (κ3) is 6.04. The molecule has 1 N–H and O–H groups in total. The molecule has 0 fully saturated rings. The van der Waals surface area contributed by atoms with Crippen LogP contribution in [0.15, 0.2) is 60.7 Å². The van der Waals surface area contributed by atoms with Gasteiger partial charge in [-0.05, 0) is 29.2 Å². The summed E-state index contributed by atoms with van der Waals surface area (Å²) in [5.74, 6) is -0.723. The number of carbonyl (C=O) groups is 1. The lowest BCUT2D eigenvalue weighted by molar-refractivity contribution is -0.384. The van der Waals surface area contributed by atoms with Crippen molar-refractivity contribution in [1.82, 2.24) is 0 Å². The van der Waals surface area contributed by atoms with Crippen LogP contribution in [0.25, 0.3) is 6.08 Å². The summed E-state index contributed by atoms with van der Waals surface area (Å²) in [7, 11) is 0. The molecular weight excluding hydrogens is 346 g/mol. The average molecular weight is 369 g/mol. The van der Waals surface area contributed by atoms with Gasteiger partial charge in [-0.15, -0.1) is 0 Å². The van der Waals surface area contributed by atoms with Crippen molar-refractivity contribution in [1.29, 1.82) is 0 Å². The highest BCUT2D eigenvalue weighted by Gasteiger charge is 2.31. The van der Waals surface area contributed by atoms with E-state index in [1.165, 1.54) is 12.1 Å². The maximum atomic E-state index is 12.2. The van der Waals surface area contributed by atoms with Crippen LogP contribution >= 0.6 is 0 Å². The molecule has 2 aromatic rings. The minimum Gasteiger partial charge on any atom is -0.461 e. The Balaban J connectivity index is 2.02. The summed E-state index contributed by atoms with van der Waals surface area (Å²) < 4.78 is 5.26. The first-order chi connectivity index (χ1) is 12.8. The smallest absolute Gasteiger partial charge is 0.309 e. The fourth-order valence-corrected chi connectivity index (χ4v) is 2.42. The van der Waals surface area contributed by atoms with Gasteiger partial charge in [-0.1, -0.05) is 56.3 Å². The number of nitro benzene ring substituents is 1. The predicted molar refractivity (Wildman–Crippen MR) is 103 cm³/mol. The highest BCUT2D eigenvalue weighted by atomic mass is 16.6. The van der Waals surface area contributed by atoms with Crippen molar-refractivity contribution in [2.75, 3.05) is 0 Å². The Morgan fingerprint density at radius 1 is 1.19 bits per heavy atom. The van der Waals surface area contributed by atoms with Crippen LogP contribution in [0.2, 0.25) is 0 Å². The number of hydrogen-bond acceptors (Lipinski definition) is 5. The molecule has 0 amide bonds. The number of hydrogen-bond donors (Lipinski definition) is 1. The zero-order chi connectivity index (χ0) is 19.9. The zero-order valence-corrected chi connectivity index (χ0v) is 15.4. The lowest BCUT2D eigenvalue weighted by atomic mass is 9.86. The Morgan fingerprint density at radius 2 is 1.81 bits per heavy atom. The number of carbonyl (C=O) groups excluding carboxylic acids is 1. The molecule has 0 aliphatic heterocycles. The first-order valence-electron chi connectivity index (χ1n) is 8.66. The van der Waals surface area contributed by atoms with E-state index in [-0.39, 0.29) is 24.6 Å². The summed E-state index contributed by atoms with van der Waals surface area (Å²) in [6.07, 6.45) is 3.01. The Labute approximate surface area is 158 Å². The fraction of sp³-hybridized carbons (Fsp3) is 0.286. The first-order valence-corrected chi connectivity index (χ1v) is 8.66. The molecule has 0 radical (unpaired) electrons. The summed E-state index contributed by atoms with van der Waals surface area (Å²) in [6.45, 7) is 3.77. The molecular formula is C21H23NO5. The maximum absolute atomic E-state index is 12.2. The van der Waals surface area contributed by atoms with E-state index in [9.17, 15) is 20.0 Å². The van der Waals surface area contributed by atoms with Crippen molar-refractivity contribution in [3.05, 3.63) is 81.9 Å². The summed E-state index contributed by atoms with van der Waals surface area (Å²) in [4.78, 5) is 22.4. The molecule has 2 rings (SSSR count). The number of ether oxygens (including phenoxy) is 1. The average Bonchev–Trinajstić information content (AvgIpc) is 2.66. The SMILES string of the molecule is CC(C)C(O)(/C=C/c1ccc([N+](=O)[O-])cc1)CC(=O)OCc1ccccc1. The van der Waals surface area contributed by atoms with Crippen LogP contribution in [0, 0.1) is 16.0 Å². The van der Waals surface area contributed by atoms with Crippen molar-refractivity contribution in [3.63, 3.8) is 0 Å². The van der Waals surface area contributed by atoms with Crippen molar-refractivity contribution in [3.8, 4) is 0 Å². The quantitative estimate of drug-likeness (QED) is 0.429. The van der Waals surface area contributed by atoms with Gasteiger partial charge in [0.1, 0.15) is 6.61 Å². The van der Waals surface area contributed by atoms with E-state index < -0.39 is 16.5 Å². The van der Waals surface area contributed by atoms with Gasteiger partial charge in [0.25, 0.3) is 5.69 Å². The van der Waals surface area contributed by atoms with E-state index in [0.29, 0.717) is 5.56 Å². The minimum atomic E-state index is -1.38. The summed E-state index contributed by atoms with van der Waals surface area (Å²) in [5, 5.41) is 21.6. The molecule has 0 aliphatic rings. The maximum Gasteiger partial charge on any atom is 0.309 e. The third-order valence-electron chi connectivity index (χ3n) is 4.34. The predicted octanol–water partition coefficient (Wildman–Crippen LogP) is 4.13. The molecule has 0 saturated heterocycles. The largest absolute Gasteiger partial charge is 0.461 e. The zero-order valence-electron chi connectivity index (χ0n) is 15.4. The van der Waals surface area contributed by atoms with Crippen molar-refractivity contribution >= 4 is 17.7 Å². The van der Waals surface area contributed by atoms with Gasteiger partial charge in [-0.3, -0.25) is 14.9 Å². The second-order valence-electron chi connectivity index (χ2n) is 6.65. The van der Waals surface area contributed by atoms with Crippen LogP contribution in [0.5, 0.6) is 0 Å². The van der Waals surface area contributed by atoms with Crippen LogP contribution in [0.1, 0.15) is 31.4 Å². The molecule has 6 nitrogen and oxygen atoms in total. The lowest BCUT2D eigenvalue weighted by Crippen LogP contribution is -2.35. The second-order valence-corrected chi connectivity index (χ2v) is 6.65. The Kier molecular flexibility index (Phi) is 6.85. The third-order valence-corrected chi connectivity index (χ3v) is 4.34. The van der Waals surface area contributed by atoms with E-state index in [1.807, 2.05) is 44.2 Å². The molecule has 0 bridgehead atoms. The second kappa shape index (κ2) is 9.09. The molecule has 0 aliphatic carbocycles. The lowest BCUT2D eigenvalue weighted by Gasteiger charge is -2.28. The molecule has 1 unspecified atom stereocenters. The number of aliphatic hydroxyl groups is 1. The highest BCUT2D eigenvalue weighted by Crippen LogP contribution is 2.25. The number of esters is 1. The first kappa shape index (κ1) is 20.3. The van der Waals surface area contributed by atoms with Crippen LogP contribution in [0.3, 0.4) is 0 Å². The van der Waals surface area contributed by atoms with Gasteiger partial charge < -0.3 is 9.84 Å². The highest BCUT2D eigenvalue weighted by molar-refractivity contribution is 5.71. The summed E-state index contributed by atoms with van der Waals surface area (Å²) >= 11 is 0. The van der Waals surface area contributed by atoms with Gasteiger partial charge in [0.2, 0.25) is 0 Å². The summed E-state index contributed by atoms with van der Waals surface area (Å²) in [6, 6.07) is 15.3. The van der Waals surface area contributed by atoms with E-state index in [1.54, 1.807) is 24.3 Å². The molecule has 142 valence electrons. The van der Waals surface area contributed by atoms with E-state index >= 15 is 0 Å². The van der Waals surface area contributed by atoms with Crippen LogP contribution in [0.4, 0.5) is 5.69 Å². The topological polar surface area (TPSA) is 89.7 Å². The standard InChI is InChI=1S/C21H23NO5/c1-16(2)21(24,13-12-17-8-10-19(11-9-17)22(25)26)14-20(23)27-15-18-6-4-3-5-7-18/h3-13,16,24H,14-15H2,1-2H3/b13-12+. The number of rotatable bonds is 8. The van der Waals surface area contributed by atoms with Crippen LogP contribution in [-0.4, -0.2) is 21.6 Å². The Hall–Kier alpha value is -2.99.